The number of carbonyl (C=O) groups excluding carboxylic acids is 1. The molecule has 0 bridgehead atoms. The van der Waals surface area contributed by atoms with Crippen molar-refractivity contribution in [1.29, 1.82) is 0 Å². The molecule has 0 aliphatic carbocycles. The lowest BCUT2D eigenvalue weighted by atomic mass is 10.1. The number of halogens is 1. The number of hydrogen-bond donors (Lipinski definition) is 1. The number of nitrogens with one attached hydrogen (secondary N) is 1. The number of aromatic nitrogens is 2. The average molecular weight is 337 g/mol. The van der Waals surface area contributed by atoms with Crippen LogP contribution in [0.3, 0.4) is 0 Å². The molecule has 0 aliphatic heterocycles. The van der Waals surface area contributed by atoms with Gasteiger partial charge in [-0.25, -0.2) is 14.4 Å². The lowest BCUT2D eigenvalue weighted by Gasteiger charge is -2.07. The van der Waals surface area contributed by atoms with Crippen molar-refractivity contribution in [3.63, 3.8) is 0 Å². The first-order valence-corrected chi connectivity index (χ1v) is 7.72. The Morgan fingerprint density at radius 3 is 2.60 bits per heavy atom. The summed E-state index contributed by atoms with van der Waals surface area (Å²) in [6, 6.07) is 17.4. The van der Waals surface area contributed by atoms with Crippen LogP contribution in [-0.2, 0) is 16.1 Å². The van der Waals surface area contributed by atoms with E-state index in [2.05, 4.69) is 15.3 Å². The molecule has 0 saturated carbocycles. The van der Waals surface area contributed by atoms with E-state index in [1.54, 1.807) is 24.3 Å². The van der Waals surface area contributed by atoms with Gasteiger partial charge in [-0.05, 0) is 23.8 Å². The van der Waals surface area contributed by atoms with Gasteiger partial charge in [-0.1, -0.05) is 42.5 Å². The van der Waals surface area contributed by atoms with E-state index < -0.39 is 0 Å². The third-order valence-corrected chi connectivity index (χ3v) is 3.40. The summed E-state index contributed by atoms with van der Waals surface area (Å²) in [5.41, 5.74) is 1.72. The van der Waals surface area contributed by atoms with Crippen LogP contribution in [0.1, 0.15) is 5.56 Å². The summed E-state index contributed by atoms with van der Waals surface area (Å²) in [6.07, 6.45) is 1.47. The summed E-state index contributed by atoms with van der Waals surface area (Å²) < 4.78 is 19.2. The number of carbonyl (C=O) groups is 1. The van der Waals surface area contributed by atoms with Gasteiger partial charge in [0, 0.05) is 11.8 Å². The van der Waals surface area contributed by atoms with Crippen LogP contribution in [0.25, 0.3) is 11.3 Å². The molecule has 1 aromatic heterocycles. The summed E-state index contributed by atoms with van der Waals surface area (Å²) in [7, 11) is 0. The summed E-state index contributed by atoms with van der Waals surface area (Å²) in [6.45, 7) is 0.215. The smallest absolute Gasteiger partial charge is 0.252 e. The minimum absolute atomic E-state index is 0.106. The Morgan fingerprint density at radius 2 is 1.80 bits per heavy atom. The van der Waals surface area contributed by atoms with E-state index in [0.717, 1.165) is 5.56 Å². The molecule has 5 nitrogen and oxygen atoms in total. The molecule has 1 heterocycles. The molecule has 6 heteroatoms. The molecule has 2 aromatic carbocycles. The van der Waals surface area contributed by atoms with E-state index in [-0.39, 0.29) is 24.3 Å². The molecule has 0 atom stereocenters. The number of ether oxygens (including phenoxy) is 1. The monoisotopic (exact) mass is 337 g/mol. The number of rotatable bonds is 6. The third kappa shape index (κ3) is 4.68. The zero-order valence-corrected chi connectivity index (χ0v) is 13.4. The Morgan fingerprint density at radius 1 is 1.04 bits per heavy atom. The maximum Gasteiger partial charge on any atom is 0.252 e. The van der Waals surface area contributed by atoms with Gasteiger partial charge < -0.3 is 4.74 Å². The van der Waals surface area contributed by atoms with Crippen molar-refractivity contribution in [2.45, 2.75) is 6.61 Å². The molecule has 0 spiro atoms. The number of anilines is 1. The summed E-state index contributed by atoms with van der Waals surface area (Å²) >= 11 is 0. The summed E-state index contributed by atoms with van der Waals surface area (Å²) in [4.78, 5) is 20.1. The minimum atomic E-state index is -0.385. The second-order valence-corrected chi connectivity index (χ2v) is 5.27. The molecule has 3 rings (SSSR count). The number of benzene rings is 2. The number of nitrogens with zero attached hydrogens (tertiary/aromatic N) is 2. The van der Waals surface area contributed by atoms with Gasteiger partial charge in [-0.15, -0.1) is 0 Å². The van der Waals surface area contributed by atoms with Crippen LogP contribution in [0.5, 0.6) is 0 Å². The average Bonchev–Trinajstić information content (AvgIpc) is 2.63. The van der Waals surface area contributed by atoms with Crippen LogP contribution >= 0.6 is 0 Å². The SMILES string of the molecule is O=C(COCc1ccccc1)Nc1nccc(-c2ccccc2F)n1. The molecule has 0 fully saturated rings. The molecule has 1 N–H and O–H groups in total. The second-order valence-electron chi connectivity index (χ2n) is 5.27. The summed E-state index contributed by atoms with van der Waals surface area (Å²) in [5.74, 6) is -0.652. The van der Waals surface area contributed by atoms with Crippen molar-refractivity contribution in [3.8, 4) is 11.3 Å². The fourth-order valence-electron chi connectivity index (χ4n) is 2.23. The molecule has 0 aliphatic rings. The molecule has 3 aromatic rings. The molecule has 126 valence electrons. The highest BCUT2D eigenvalue weighted by molar-refractivity contribution is 5.90. The standard InChI is InChI=1S/C19H16FN3O2/c20-16-9-5-4-8-15(16)17-10-11-21-19(22-17)23-18(24)13-25-12-14-6-2-1-3-7-14/h1-11H,12-13H2,(H,21,22,23,24). The van der Waals surface area contributed by atoms with Gasteiger partial charge >= 0.3 is 0 Å². The molecule has 25 heavy (non-hydrogen) atoms. The van der Waals surface area contributed by atoms with E-state index in [9.17, 15) is 9.18 Å². The van der Waals surface area contributed by atoms with Gasteiger partial charge in [0.2, 0.25) is 5.95 Å². The van der Waals surface area contributed by atoms with Crippen LogP contribution in [0.2, 0.25) is 0 Å². The Kier molecular flexibility index (Phi) is 5.43. The van der Waals surface area contributed by atoms with Crippen LogP contribution in [0.15, 0.2) is 66.9 Å². The van der Waals surface area contributed by atoms with E-state index in [1.165, 1.54) is 12.3 Å². The first kappa shape index (κ1) is 16.7. The van der Waals surface area contributed by atoms with Crippen molar-refractivity contribution >= 4 is 11.9 Å². The van der Waals surface area contributed by atoms with E-state index in [1.807, 2.05) is 30.3 Å². The lowest BCUT2D eigenvalue weighted by Crippen LogP contribution is -2.19. The topological polar surface area (TPSA) is 64.1 Å². The van der Waals surface area contributed by atoms with Crippen molar-refractivity contribution in [2.24, 2.45) is 0 Å². The zero-order chi connectivity index (χ0) is 17.5. The minimum Gasteiger partial charge on any atom is -0.367 e. The maximum atomic E-state index is 13.8. The maximum absolute atomic E-state index is 13.8. The van der Waals surface area contributed by atoms with Gasteiger partial charge in [0.25, 0.3) is 5.91 Å². The van der Waals surface area contributed by atoms with Gasteiger partial charge in [0.1, 0.15) is 12.4 Å². The zero-order valence-electron chi connectivity index (χ0n) is 13.4. The third-order valence-electron chi connectivity index (χ3n) is 3.40. The van der Waals surface area contributed by atoms with Crippen molar-refractivity contribution in [2.75, 3.05) is 11.9 Å². The highest BCUT2D eigenvalue weighted by Crippen LogP contribution is 2.20. The Bertz CT molecular complexity index is 856. The molecule has 0 radical (unpaired) electrons. The highest BCUT2D eigenvalue weighted by atomic mass is 19.1. The van der Waals surface area contributed by atoms with Gasteiger partial charge in [-0.3, -0.25) is 10.1 Å². The number of amides is 1. The van der Waals surface area contributed by atoms with Crippen LogP contribution in [0.4, 0.5) is 10.3 Å². The van der Waals surface area contributed by atoms with Crippen molar-refractivity contribution in [3.05, 3.63) is 78.2 Å². The Balaban J connectivity index is 1.58. The largest absolute Gasteiger partial charge is 0.367 e. The highest BCUT2D eigenvalue weighted by Gasteiger charge is 2.09. The molecule has 1 amide bonds. The molecular formula is C19H16FN3O2. The van der Waals surface area contributed by atoms with E-state index in [0.29, 0.717) is 17.9 Å². The lowest BCUT2D eigenvalue weighted by molar-refractivity contribution is -0.121. The van der Waals surface area contributed by atoms with E-state index >= 15 is 0 Å². The van der Waals surface area contributed by atoms with Crippen LogP contribution in [0, 0.1) is 5.82 Å². The van der Waals surface area contributed by atoms with Crippen LogP contribution in [-0.4, -0.2) is 22.5 Å². The number of hydrogen-bond acceptors (Lipinski definition) is 4. The normalized spacial score (nSPS) is 10.4. The predicted molar refractivity (Wildman–Crippen MR) is 92.2 cm³/mol. The van der Waals surface area contributed by atoms with Gasteiger partial charge in [-0.2, -0.15) is 0 Å². The van der Waals surface area contributed by atoms with Crippen LogP contribution < -0.4 is 5.32 Å². The Labute approximate surface area is 144 Å². The summed E-state index contributed by atoms with van der Waals surface area (Å²) in [5, 5.41) is 2.55. The molecule has 0 unspecified atom stereocenters. The first-order chi connectivity index (χ1) is 12.2. The van der Waals surface area contributed by atoms with Gasteiger partial charge in [0.15, 0.2) is 0 Å². The predicted octanol–water partition coefficient (Wildman–Crippen LogP) is 3.44. The fraction of sp³-hybridized carbons (Fsp3) is 0.105. The van der Waals surface area contributed by atoms with Crippen molar-refractivity contribution < 1.29 is 13.9 Å². The quantitative estimate of drug-likeness (QED) is 0.748. The van der Waals surface area contributed by atoms with E-state index in [4.69, 9.17) is 4.74 Å². The fourth-order valence-corrected chi connectivity index (χ4v) is 2.23. The van der Waals surface area contributed by atoms with Gasteiger partial charge in [0.05, 0.1) is 12.3 Å². The Hall–Kier alpha value is -3.12. The molecule has 0 saturated heterocycles. The first-order valence-electron chi connectivity index (χ1n) is 7.72. The van der Waals surface area contributed by atoms with Crippen molar-refractivity contribution in [1.82, 2.24) is 9.97 Å². The second kappa shape index (κ2) is 8.12. The molecular weight excluding hydrogens is 321 g/mol.